The van der Waals surface area contributed by atoms with Gasteiger partial charge in [-0.05, 0) is 13.8 Å². The Kier molecular flexibility index (Phi) is 5.55. The molecule has 0 aromatic heterocycles. The van der Waals surface area contributed by atoms with Crippen LogP contribution in [0.4, 0.5) is 0 Å². The van der Waals surface area contributed by atoms with Gasteiger partial charge in [-0.1, -0.05) is 0 Å². The van der Waals surface area contributed by atoms with Crippen LogP contribution < -0.4 is 10.6 Å². The molecule has 1 fully saturated rings. The third kappa shape index (κ3) is 4.27. The predicted octanol–water partition coefficient (Wildman–Crippen LogP) is -1.13. The molecule has 0 aliphatic carbocycles. The molecule has 0 aromatic rings. The fraction of sp³-hybridized carbons (Fsp3) is 0.833. The van der Waals surface area contributed by atoms with Crippen molar-refractivity contribution in [2.24, 2.45) is 0 Å². The Bertz CT molecular complexity index is 306. The molecule has 6 heteroatoms. The number of carbonyl (C=O) groups is 2. The predicted molar refractivity (Wildman–Crippen MR) is 70.2 cm³/mol. The standard InChI is InChI=1S/C12H24N4O2/c1-9-7-13-5-6-16(9)8-11(17)14-10(2)12(18)15(3)4/h9-10,13H,5-8H2,1-4H3,(H,14,17)/t9-,10?/m1/s1. The third-order valence-electron chi connectivity index (χ3n) is 3.17. The van der Waals surface area contributed by atoms with E-state index in [1.807, 2.05) is 0 Å². The summed E-state index contributed by atoms with van der Waals surface area (Å²) in [5, 5.41) is 6.01. The van der Waals surface area contributed by atoms with Crippen molar-refractivity contribution in [3.05, 3.63) is 0 Å². The summed E-state index contributed by atoms with van der Waals surface area (Å²) in [7, 11) is 3.37. The lowest BCUT2D eigenvalue weighted by Crippen LogP contribution is -2.54. The van der Waals surface area contributed by atoms with E-state index in [0.29, 0.717) is 12.6 Å². The highest BCUT2D eigenvalue weighted by atomic mass is 16.2. The van der Waals surface area contributed by atoms with E-state index in [2.05, 4.69) is 22.5 Å². The zero-order chi connectivity index (χ0) is 13.7. The molecule has 1 aliphatic heterocycles. The van der Waals surface area contributed by atoms with Crippen LogP contribution in [0.5, 0.6) is 0 Å². The number of carbonyl (C=O) groups excluding carboxylic acids is 2. The maximum absolute atomic E-state index is 11.9. The van der Waals surface area contributed by atoms with Gasteiger partial charge >= 0.3 is 0 Å². The Morgan fingerprint density at radius 1 is 1.50 bits per heavy atom. The summed E-state index contributed by atoms with van der Waals surface area (Å²) in [5.41, 5.74) is 0. The fourth-order valence-corrected chi connectivity index (χ4v) is 2.04. The number of rotatable bonds is 4. The second kappa shape index (κ2) is 6.70. The lowest BCUT2D eigenvalue weighted by molar-refractivity contribution is -0.134. The van der Waals surface area contributed by atoms with E-state index < -0.39 is 6.04 Å². The van der Waals surface area contributed by atoms with Gasteiger partial charge < -0.3 is 15.5 Å². The van der Waals surface area contributed by atoms with Gasteiger partial charge in [-0.2, -0.15) is 0 Å². The first-order chi connectivity index (χ1) is 8.41. The van der Waals surface area contributed by atoms with Crippen molar-refractivity contribution in [3.8, 4) is 0 Å². The van der Waals surface area contributed by atoms with Crippen molar-refractivity contribution in [2.45, 2.75) is 25.9 Å². The van der Waals surface area contributed by atoms with Crippen molar-refractivity contribution in [1.29, 1.82) is 0 Å². The maximum Gasteiger partial charge on any atom is 0.244 e. The molecule has 0 spiro atoms. The average Bonchev–Trinajstić information content (AvgIpc) is 2.30. The van der Waals surface area contributed by atoms with E-state index in [9.17, 15) is 9.59 Å². The van der Waals surface area contributed by atoms with Gasteiger partial charge in [0.25, 0.3) is 0 Å². The summed E-state index contributed by atoms with van der Waals surface area (Å²) in [5.74, 6) is -0.178. The van der Waals surface area contributed by atoms with Crippen molar-refractivity contribution >= 4 is 11.8 Å². The number of piperazine rings is 1. The molecular weight excluding hydrogens is 232 g/mol. The number of likely N-dealkylation sites (N-methyl/N-ethyl adjacent to an activating group) is 1. The molecule has 104 valence electrons. The molecule has 2 N–H and O–H groups in total. The number of nitrogens with zero attached hydrogens (tertiary/aromatic N) is 2. The van der Waals surface area contributed by atoms with E-state index in [4.69, 9.17) is 0 Å². The zero-order valence-electron chi connectivity index (χ0n) is 11.7. The van der Waals surface area contributed by atoms with E-state index in [-0.39, 0.29) is 11.8 Å². The average molecular weight is 256 g/mol. The van der Waals surface area contributed by atoms with Gasteiger partial charge in [0, 0.05) is 39.8 Å². The fourth-order valence-electron chi connectivity index (χ4n) is 2.04. The minimum Gasteiger partial charge on any atom is -0.347 e. The molecule has 1 heterocycles. The normalized spacial score (nSPS) is 22.3. The van der Waals surface area contributed by atoms with E-state index in [1.165, 1.54) is 4.90 Å². The molecular formula is C12H24N4O2. The van der Waals surface area contributed by atoms with Crippen LogP contribution in [0.1, 0.15) is 13.8 Å². The third-order valence-corrected chi connectivity index (χ3v) is 3.17. The minimum atomic E-state index is -0.467. The molecule has 0 radical (unpaired) electrons. The molecule has 1 rings (SSSR count). The Morgan fingerprint density at radius 2 is 2.17 bits per heavy atom. The van der Waals surface area contributed by atoms with Gasteiger partial charge in [0.1, 0.15) is 6.04 Å². The number of hydrogen-bond donors (Lipinski definition) is 2. The van der Waals surface area contributed by atoms with Gasteiger partial charge in [0.15, 0.2) is 0 Å². The molecule has 1 unspecified atom stereocenters. The summed E-state index contributed by atoms with van der Waals surface area (Å²) < 4.78 is 0. The van der Waals surface area contributed by atoms with Gasteiger partial charge in [-0.25, -0.2) is 0 Å². The first kappa shape index (κ1) is 14.9. The molecule has 6 nitrogen and oxygen atoms in total. The zero-order valence-corrected chi connectivity index (χ0v) is 11.7. The Labute approximate surface area is 109 Å². The lowest BCUT2D eigenvalue weighted by Gasteiger charge is -2.33. The lowest BCUT2D eigenvalue weighted by atomic mass is 10.2. The Morgan fingerprint density at radius 3 is 2.72 bits per heavy atom. The molecule has 1 saturated heterocycles. The van der Waals surface area contributed by atoms with Gasteiger partial charge in [0.05, 0.1) is 6.54 Å². The maximum atomic E-state index is 11.9. The largest absolute Gasteiger partial charge is 0.347 e. The Hall–Kier alpha value is -1.14. The number of amides is 2. The van der Waals surface area contributed by atoms with Crippen LogP contribution >= 0.6 is 0 Å². The number of nitrogens with one attached hydrogen (secondary N) is 2. The van der Waals surface area contributed by atoms with Gasteiger partial charge in [0.2, 0.25) is 11.8 Å². The van der Waals surface area contributed by atoms with E-state index >= 15 is 0 Å². The van der Waals surface area contributed by atoms with Crippen molar-refractivity contribution in [1.82, 2.24) is 20.4 Å². The van der Waals surface area contributed by atoms with Crippen LogP contribution in [0.25, 0.3) is 0 Å². The number of hydrogen-bond acceptors (Lipinski definition) is 4. The van der Waals surface area contributed by atoms with Crippen LogP contribution in [-0.4, -0.2) is 74.0 Å². The molecule has 1 aliphatic rings. The van der Waals surface area contributed by atoms with Crippen LogP contribution in [0, 0.1) is 0 Å². The van der Waals surface area contributed by atoms with Crippen molar-refractivity contribution in [2.75, 3.05) is 40.3 Å². The van der Waals surface area contributed by atoms with Crippen molar-refractivity contribution < 1.29 is 9.59 Å². The van der Waals surface area contributed by atoms with Crippen LogP contribution in [0.2, 0.25) is 0 Å². The first-order valence-electron chi connectivity index (χ1n) is 6.37. The van der Waals surface area contributed by atoms with Crippen LogP contribution in [-0.2, 0) is 9.59 Å². The summed E-state index contributed by atoms with van der Waals surface area (Å²) in [4.78, 5) is 27.1. The summed E-state index contributed by atoms with van der Waals surface area (Å²) >= 11 is 0. The Balaban J connectivity index is 2.39. The monoisotopic (exact) mass is 256 g/mol. The highest BCUT2D eigenvalue weighted by molar-refractivity contribution is 5.87. The van der Waals surface area contributed by atoms with Crippen LogP contribution in [0.15, 0.2) is 0 Å². The quantitative estimate of drug-likeness (QED) is 0.668. The summed E-state index contributed by atoms with van der Waals surface area (Å²) in [6, 6.07) is -0.116. The molecule has 0 bridgehead atoms. The van der Waals surface area contributed by atoms with Gasteiger partial charge in [-0.3, -0.25) is 14.5 Å². The second-order valence-corrected chi connectivity index (χ2v) is 5.05. The summed E-state index contributed by atoms with van der Waals surface area (Å²) in [6.45, 7) is 6.83. The van der Waals surface area contributed by atoms with E-state index in [0.717, 1.165) is 19.6 Å². The van der Waals surface area contributed by atoms with Crippen molar-refractivity contribution in [3.63, 3.8) is 0 Å². The highest BCUT2D eigenvalue weighted by Gasteiger charge is 2.22. The van der Waals surface area contributed by atoms with Crippen LogP contribution in [0.3, 0.4) is 0 Å². The summed E-state index contributed by atoms with van der Waals surface area (Å²) in [6.07, 6.45) is 0. The molecule has 0 saturated carbocycles. The minimum absolute atomic E-state index is 0.0864. The smallest absolute Gasteiger partial charge is 0.244 e. The second-order valence-electron chi connectivity index (χ2n) is 5.05. The topological polar surface area (TPSA) is 64.7 Å². The first-order valence-corrected chi connectivity index (χ1v) is 6.37. The molecule has 18 heavy (non-hydrogen) atoms. The molecule has 0 aromatic carbocycles. The SMILES string of the molecule is CC(NC(=O)CN1CCNC[C@H]1C)C(=O)N(C)C. The molecule has 2 atom stereocenters. The highest BCUT2D eigenvalue weighted by Crippen LogP contribution is 2.01. The molecule has 2 amide bonds. The van der Waals surface area contributed by atoms with E-state index in [1.54, 1.807) is 21.0 Å². The van der Waals surface area contributed by atoms with Gasteiger partial charge in [-0.15, -0.1) is 0 Å².